The molecule has 0 spiro atoms. The summed E-state index contributed by atoms with van der Waals surface area (Å²) >= 11 is 9.34. The predicted octanol–water partition coefficient (Wildman–Crippen LogP) is 6.73. The highest BCUT2D eigenvalue weighted by Gasteiger charge is 2.29. The first-order valence-electron chi connectivity index (χ1n) is 7.52. The van der Waals surface area contributed by atoms with Crippen molar-refractivity contribution in [3.05, 3.63) is 54.6 Å². The van der Waals surface area contributed by atoms with E-state index in [1.54, 1.807) is 0 Å². The standard InChI is InChI=1S/C17H21BrNOPS2/c1-4-21(22,19(23-18)14(2)3)20-17-12-10-16(11-13-17)15-8-6-5-7-9-15/h5-14H,4H2,1-3H3. The average molecular weight is 430 g/mol. The Labute approximate surface area is 156 Å². The van der Waals surface area contributed by atoms with Crippen LogP contribution in [0.2, 0.25) is 0 Å². The van der Waals surface area contributed by atoms with Crippen LogP contribution in [0.25, 0.3) is 11.1 Å². The van der Waals surface area contributed by atoms with Crippen LogP contribution in [-0.4, -0.2) is 16.3 Å². The Morgan fingerprint density at radius 1 is 1.09 bits per heavy atom. The van der Waals surface area contributed by atoms with Crippen molar-refractivity contribution < 1.29 is 4.52 Å². The second-order valence-corrected chi connectivity index (χ2v) is 11.3. The van der Waals surface area contributed by atoms with Crippen LogP contribution in [0, 0.1) is 0 Å². The van der Waals surface area contributed by atoms with Gasteiger partial charge < -0.3 is 4.52 Å². The van der Waals surface area contributed by atoms with Crippen molar-refractivity contribution in [1.29, 1.82) is 0 Å². The summed E-state index contributed by atoms with van der Waals surface area (Å²) in [5.41, 5.74) is 2.38. The average Bonchev–Trinajstić information content (AvgIpc) is 2.56. The van der Waals surface area contributed by atoms with Crippen LogP contribution in [0.4, 0.5) is 0 Å². The highest BCUT2D eigenvalue weighted by atomic mass is 79.9. The Balaban J connectivity index is 2.21. The summed E-state index contributed by atoms with van der Waals surface area (Å²) in [4.78, 5) is 0. The Bertz CT molecular complexity index is 664. The number of nitrogens with zero attached hydrogens (tertiary/aromatic N) is 1. The van der Waals surface area contributed by atoms with Crippen LogP contribution >= 0.6 is 31.6 Å². The number of rotatable bonds is 7. The smallest absolute Gasteiger partial charge is 0.191 e. The number of benzene rings is 2. The quantitative estimate of drug-likeness (QED) is 0.357. The van der Waals surface area contributed by atoms with E-state index in [1.807, 2.05) is 30.3 Å². The molecule has 124 valence electrons. The molecule has 2 rings (SSSR count). The molecule has 0 heterocycles. The summed E-state index contributed by atoms with van der Waals surface area (Å²) in [6.45, 7) is 6.36. The van der Waals surface area contributed by atoms with Gasteiger partial charge in [-0.25, -0.2) is 0 Å². The van der Waals surface area contributed by atoms with Crippen molar-refractivity contribution >= 4 is 43.4 Å². The van der Waals surface area contributed by atoms with Crippen molar-refractivity contribution in [3.63, 3.8) is 0 Å². The maximum atomic E-state index is 6.26. The van der Waals surface area contributed by atoms with E-state index in [0.29, 0.717) is 6.04 Å². The topological polar surface area (TPSA) is 12.5 Å². The van der Waals surface area contributed by atoms with Gasteiger partial charge in [0.05, 0.1) is 0 Å². The first-order valence-corrected chi connectivity index (χ1v) is 13.0. The molecule has 1 atom stereocenters. The molecule has 1 unspecified atom stereocenters. The van der Waals surface area contributed by atoms with Crippen molar-refractivity contribution in [2.75, 3.05) is 6.16 Å². The summed E-state index contributed by atoms with van der Waals surface area (Å²) in [7, 11) is 1.49. The van der Waals surface area contributed by atoms with Crippen molar-refractivity contribution in [2.45, 2.75) is 26.8 Å². The highest BCUT2D eigenvalue weighted by Crippen LogP contribution is 2.56. The molecule has 0 saturated heterocycles. The van der Waals surface area contributed by atoms with Gasteiger partial charge in [0, 0.05) is 37.4 Å². The summed E-state index contributed by atoms with van der Waals surface area (Å²) in [6, 6.07) is 18.8. The van der Waals surface area contributed by atoms with Gasteiger partial charge >= 0.3 is 0 Å². The maximum Gasteiger partial charge on any atom is 0.191 e. The molecule has 0 aliphatic heterocycles. The molecule has 0 saturated carbocycles. The minimum atomic E-state index is -2.09. The highest BCUT2D eigenvalue weighted by molar-refractivity contribution is 9.50. The van der Waals surface area contributed by atoms with E-state index >= 15 is 0 Å². The molecule has 0 amide bonds. The van der Waals surface area contributed by atoms with Gasteiger partial charge in [0.1, 0.15) is 5.75 Å². The molecule has 2 aromatic carbocycles. The van der Waals surface area contributed by atoms with Gasteiger partial charge in [0.15, 0.2) is 6.42 Å². The maximum absolute atomic E-state index is 6.26. The summed E-state index contributed by atoms with van der Waals surface area (Å²) in [5, 5.41) is 0. The van der Waals surface area contributed by atoms with Gasteiger partial charge in [0.25, 0.3) is 0 Å². The molecule has 2 aromatic rings. The van der Waals surface area contributed by atoms with Crippen LogP contribution < -0.4 is 4.52 Å². The third-order valence-corrected chi connectivity index (χ3v) is 10.8. The molecule has 23 heavy (non-hydrogen) atoms. The van der Waals surface area contributed by atoms with E-state index in [-0.39, 0.29) is 0 Å². The summed E-state index contributed by atoms with van der Waals surface area (Å²) < 4.78 is 8.42. The monoisotopic (exact) mass is 429 g/mol. The van der Waals surface area contributed by atoms with Crippen molar-refractivity contribution in [2.24, 2.45) is 0 Å². The van der Waals surface area contributed by atoms with Crippen LogP contribution in [0.1, 0.15) is 20.8 Å². The zero-order chi connectivity index (χ0) is 16.9. The zero-order valence-electron chi connectivity index (χ0n) is 13.5. The number of hydrogen-bond acceptors (Lipinski definition) is 3. The van der Waals surface area contributed by atoms with Crippen LogP contribution in [0.15, 0.2) is 54.6 Å². The molecule has 0 aliphatic carbocycles. The third kappa shape index (κ3) is 4.83. The first kappa shape index (κ1) is 19.0. The lowest BCUT2D eigenvalue weighted by atomic mass is 10.1. The van der Waals surface area contributed by atoms with Crippen LogP contribution in [0.3, 0.4) is 0 Å². The normalized spacial score (nSPS) is 14.0. The summed E-state index contributed by atoms with van der Waals surface area (Å²) in [5.74, 6) is 0.835. The molecule has 0 aromatic heterocycles. The van der Waals surface area contributed by atoms with Gasteiger partial charge in [0.2, 0.25) is 0 Å². The second-order valence-electron chi connectivity index (χ2n) is 5.40. The van der Waals surface area contributed by atoms with E-state index < -0.39 is 6.42 Å². The fourth-order valence-corrected chi connectivity index (χ4v) is 9.63. The van der Waals surface area contributed by atoms with E-state index in [9.17, 15) is 0 Å². The Kier molecular flexibility index (Phi) is 7.18. The summed E-state index contributed by atoms with van der Waals surface area (Å²) in [6.07, 6.45) is -1.27. The van der Waals surface area contributed by atoms with Gasteiger partial charge in [-0.15, -0.1) is 0 Å². The van der Waals surface area contributed by atoms with E-state index in [0.717, 1.165) is 11.9 Å². The fourth-order valence-electron chi connectivity index (χ4n) is 2.23. The molecule has 6 heteroatoms. The second kappa shape index (κ2) is 8.68. The van der Waals surface area contributed by atoms with Gasteiger partial charge in [-0.3, -0.25) is 0 Å². The lowest BCUT2D eigenvalue weighted by molar-refractivity contribution is 0.507. The Morgan fingerprint density at radius 2 is 1.65 bits per heavy atom. The van der Waals surface area contributed by atoms with Gasteiger partial charge in [-0.05, 0) is 48.9 Å². The van der Waals surface area contributed by atoms with Gasteiger partial charge in [-0.2, -0.15) is 4.08 Å². The molecule has 0 bridgehead atoms. The molecular weight excluding hydrogens is 409 g/mol. The largest absolute Gasteiger partial charge is 0.452 e. The van der Waals surface area contributed by atoms with Gasteiger partial charge in [-0.1, -0.05) is 49.4 Å². The Morgan fingerprint density at radius 3 is 2.13 bits per heavy atom. The lowest BCUT2D eigenvalue weighted by Crippen LogP contribution is -2.23. The number of halogens is 1. The van der Waals surface area contributed by atoms with Crippen LogP contribution in [-0.2, 0) is 11.8 Å². The molecule has 0 fully saturated rings. The third-order valence-electron chi connectivity index (χ3n) is 3.42. The fraction of sp³-hybridized carbons (Fsp3) is 0.294. The zero-order valence-corrected chi connectivity index (χ0v) is 17.6. The SMILES string of the molecule is CCP(=S)(Oc1ccc(-c2ccccc2)cc1)N(SBr)C(C)C. The Hall–Kier alpha value is -0.320. The van der Waals surface area contributed by atoms with E-state index in [2.05, 4.69) is 63.9 Å². The minimum Gasteiger partial charge on any atom is -0.452 e. The molecular formula is C17H21BrNOPS2. The first-order chi connectivity index (χ1) is 11.0. The molecule has 0 aliphatic rings. The molecule has 0 N–H and O–H groups in total. The lowest BCUT2D eigenvalue weighted by Gasteiger charge is -2.34. The predicted molar refractivity (Wildman–Crippen MR) is 111 cm³/mol. The van der Waals surface area contributed by atoms with Crippen molar-refractivity contribution in [1.82, 2.24) is 4.08 Å². The minimum absolute atomic E-state index is 0.314. The van der Waals surface area contributed by atoms with E-state index in [4.69, 9.17) is 16.3 Å². The van der Waals surface area contributed by atoms with E-state index in [1.165, 1.54) is 21.5 Å². The van der Waals surface area contributed by atoms with Crippen molar-refractivity contribution in [3.8, 4) is 16.9 Å². The molecule has 2 nitrogen and oxygen atoms in total. The molecule has 0 radical (unpaired) electrons. The number of hydrogen-bond donors (Lipinski definition) is 0. The van der Waals surface area contributed by atoms with Crippen LogP contribution in [0.5, 0.6) is 5.75 Å².